The number of alkyl halides is 2. The van der Waals surface area contributed by atoms with E-state index in [9.17, 15) is 18.4 Å². The van der Waals surface area contributed by atoms with Gasteiger partial charge in [0.2, 0.25) is 0 Å². The van der Waals surface area contributed by atoms with Crippen molar-refractivity contribution in [3.63, 3.8) is 0 Å². The highest BCUT2D eigenvalue weighted by molar-refractivity contribution is 5.73. The number of nitrogens with zero attached hydrogens (tertiary/aromatic N) is 1. The van der Waals surface area contributed by atoms with Gasteiger partial charge in [0.1, 0.15) is 6.07 Å². The second kappa shape index (κ2) is 5.91. The van der Waals surface area contributed by atoms with Gasteiger partial charge in [0.05, 0.1) is 18.6 Å². The number of pyridine rings is 1. The van der Waals surface area contributed by atoms with Crippen molar-refractivity contribution >= 4 is 5.97 Å². The SMILES string of the molecule is CCOC(=O)Cc1c(C(F)F)c(C#N)c[nH]c1=O. The molecule has 0 aliphatic heterocycles. The molecule has 1 N–H and O–H groups in total. The minimum Gasteiger partial charge on any atom is -0.466 e. The van der Waals surface area contributed by atoms with Crippen molar-refractivity contribution in [1.82, 2.24) is 4.98 Å². The van der Waals surface area contributed by atoms with Crippen LogP contribution in [-0.2, 0) is 16.0 Å². The van der Waals surface area contributed by atoms with Crippen molar-refractivity contribution < 1.29 is 18.3 Å². The molecule has 18 heavy (non-hydrogen) atoms. The molecule has 1 heterocycles. The van der Waals surface area contributed by atoms with Gasteiger partial charge < -0.3 is 9.72 Å². The number of aromatic nitrogens is 1. The van der Waals surface area contributed by atoms with Crippen LogP contribution in [0.5, 0.6) is 0 Å². The summed E-state index contributed by atoms with van der Waals surface area (Å²) < 4.78 is 30.3. The van der Waals surface area contributed by atoms with Crippen LogP contribution in [-0.4, -0.2) is 17.6 Å². The second-order valence-electron chi connectivity index (χ2n) is 3.32. The van der Waals surface area contributed by atoms with Gasteiger partial charge in [0.15, 0.2) is 0 Å². The molecule has 0 atom stereocenters. The molecular weight excluding hydrogens is 246 g/mol. The first-order chi connectivity index (χ1) is 8.51. The van der Waals surface area contributed by atoms with E-state index in [0.717, 1.165) is 6.20 Å². The van der Waals surface area contributed by atoms with E-state index in [1.165, 1.54) is 0 Å². The Kier molecular flexibility index (Phi) is 4.54. The molecule has 0 aliphatic rings. The van der Waals surface area contributed by atoms with Crippen LogP contribution < -0.4 is 5.56 Å². The van der Waals surface area contributed by atoms with Crippen molar-refractivity contribution in [1.29, 1.82) is 5.26 Å². The number of rotatable bonds is 4. The van der Waals surface area contributed by atoms with E-state index in [4.69, 9.17) is 5.26 Å². The molecule has 0 radical (unpaired) electrons. The Labute approximate surface area is 101 Å². The summed E-state index contributed by atoms with van der Waals surface area (Å²) in [7, 11) is 0. The van der Waals surface area contributed by atoms with Crippen LogP contribution >= 0.6 is 0 Å². The number of H-pyrrole nitrogens is 1. The molecule has 96 valence electrons. The van der Waals surface area contributed by atoms with Gasteiger partial charge in [0.25, 0.3) is 12.0 Å². The lowest BCUT2D eigenvalue weighted by Gasteiger charge is -2.08. The predicted molar refractivity (Wildman–Crippen MR) is 57.1 cm³/mol. The Balaban J connectivity index is 3.28. The summed E-state index contributed by atoms with van der Waals surface area (Å²) >= 11 is 0. The van der Waals surface area contributed by atoms with Crippen molar-refractivity contribution in [3.05, 3.63) is 33.2 Å². The van der Waals surface area contributed by atoms with E-state index in [1.807, 2.05) is 0 Å². The molecular formula is C11H10F2N2O3. The van der Waals surface area contributed by atoms with Crippen molar-refractivity contribution in [2.24, 2.45) is 0 Å². The summed E-state index contributed by atoms with van der Waals surface area (Å²) in [5.41, 5.74) is -2.32. The van der Waals surface area contributed by atoms with Gasteiger partial charge in [0, 0.05) is 17.3 Å². The van der Waals surface area contributed by atoms with Crippen LogP contribution in [0, 0.1) is 11.3 Å². The molecule has 1 rings (SSSR count). The normalized spacial score (nSPS) is 10.2. The number of hydrogen-bond acceptors (Lipinski definition) is 4. The van der Waals surface area contributed by atoms with Crippen LogP contribution in [0.4, 0.5) is 8.78 Å². The van der Waals surface area contributed by atoms with E-state index in [-0.39, 0.29) is 12.2 Å². The first-order valence-corrected chi connectivity index (χ1v) is 5.09. The maximum Gasteiger partial charge on any atom is 0.310 e. The molecule has 0 unspecified atom stereocenters. The van der Waals surface area contributed by atoms with E-state index in [2.05, 4.69) is 9.72 Å². The van der Waals surface area contributed by atoms with Gasteiger partial charge in [-0.25, -0.2) is 8.78 Å². The molecule has 0 amide bonds. The number of aromatic amines is 1. The lowest BCUT2D eigenvalue weighted by atomic mass is 10.0. The number of ether oxygens (including phenoxy) is 1. The number of halogens is 2. The molecule has 5 nitrogen and oxygen atoms in total. The number of nitrogens with one attached hydrogen (secondary N) is 1. The molecule has 0 aliphatic carbocycles. The summed E-state index contributed by atoms with van der Waals surface area (Å²) in [6.07, 6.45) is -2.69. The zero-order valence-corrected chi connectivity index (χ0v) is 9.50. The second-order valence-corrected chi connectivity index (χ2v) is 3.32. The predicted octanol–water partition coefficient (Wildman–Crippen LogP) is 1.29. The van der Waals surface area contributed by atoms with Crippen molar-refractivity contribution in [3.8, 4) is 6.07 Å². The van der Waals surface area contributed by atoms with Crippen LogP contribution in [0.1, 0.15) is 30.0 Å². The lowest BCUT2D eigenvalue weighted by molar-refractivity contribution is -0.142. The van der Waals surface area contributed by atoms with Crippen LogP contribution in [0.3, 0.4) is 0 Å². The van der Waals surface area contributed by atoms with Crippen LogP contribution in [0.25, 0.3) is 0 Å². The zero-order chi connectivity index (χ0) is 13.7. The smallest absolute Gasteiger partial charge is 0.310 e. The maximum absolute atomic E-state index is 12.8. The molecule has 0 saturated heterocycles. The first kappa shape index (κ1) is 13.8. The topological polar surface area (TPSA) is 82.9 Å². The Bertz CT molecular complexity index is 546. The lowest BCUT2D eigenvalue weighted by Crippen LogP contribution is -2.21. The van der Waals surface area contributed by atoms with Gasteiger partial charge >= 0.3 is 5.97 Å². The molecule has 0 fully saturated rings. The maximum atomic E-state index is 12.8. The minimum absolute atomic E-state index is 0.0820. The quantitative estimate of drug-likeness (QED) is 0.823. The molecule has 0 spiro atoms. The van der Waals surface area contributed by atoms with Gasteiger partial charge in [-0.2, -0.15) is 5.26 Å². The van der Waals surface area contributed by atoms with E-state index in [1.54, 1.807) is 13.0 Å². The third kappa shape index (κ3) is 2.91. The fourth-order valence-corrected chi connectivity index (χ4v) is 1.46. The van der Waals surface area contributed by atoms with Gasteiger partial charge in [-0.05, 0) is 6.92 Å². The average Bonchev–Trinajstić information content (AvgIpc) is 2.31. The monoisotopic (exact) mass is 256 g/mol. The summed E-state index contributed by atoms with van der Waals surface area (Å²) in [6.45, 7) is 1.64. The largest absolute Gasteiger partial charge is 0.466 e. The first-order valence-electron chi connectivity index (χ1n) is 5.09. The average molecular weight is 256 g/mol. The summed E-state index contributed by atoms with van der Waals surface area (Å²) in [5.74, 6) is -0.792. The number of carbonyl (C=O) groups excluding carboxylic acids is 1. The highest BCUT2D eigenvalue weighted by atomic mass is 19.3. The fraction of sp³-hybridized carbons (Fsp3) is 0.364. The van der Waals surface area contributed by atoms with E-state index in [0.29, 0.717) is 0 Å². The summed E-state index contributed by atoms with van der Waals surface area (Å²) in [4.78, 5) is 24.8. The van der Waals surface area contributed by atoms with Gasteiger partial charge in [-0.1, -0.05) is 0 Å². The van der Waals surface area contributed by atoms with Crippen molar-refractivity contribution in [2.45, 2.75) is 19.8 Å². The number of nitriles is 1. The molecule has 0 aromatic carbocycles. The fourth-order valence-electron chi connectivity index (χ4n) is 1.46. The molecule has 1 aromatic heterocycles. The summed E-state index contributed by atoms with van der Waals surface area (Å²) in [6, 6.07) is 1.55. The molecule has 1 aromatic rings. The Hall–Kier alpha value is -2.23. The zero-order valence-electron chi connectivity index (χ0n) is 9.50. The van der Waals surface area contributed by atoms with Gasteiger partial charge in [-0.15, -0.1) is 0 Å². The Morgan fingerprint density at radius 2 is 2.28 bits per heavy atom. The highest BCUT2D eigenvalue weighted by Gasteiger charge is 2.23. The molecule has 0 saturated carbocycles. The number of hydrogen-bond donors (Lipinski definition) is 1. The third-order valence-corrected chi connectivity index (χ3v) is 2.20. The third-order valence-electron chi connectivity index (χ3n) is 2.20. The standard InChI is InChI=1S/C11H10F2N2O3/c1-2-18-8(16)3-7-9(10(12)13)6(4-14)5-15-11(7)17/h5,10H,2-3H2,1H3,(H,15,17). The number of carbonyl (C=O) groups is 1. The minimum atomic E-state index is -3.01. The molecule has 0 bridgehead atoms. The highest BCUT2D eigenvalue weighted by Crippen LogP contribution is 2.24. The summed E-state index contributed by atoms with van der Waals surface area (Å²) in [5, 5.41) is 8.70. The van der Waals surface area contributed by atoms with E-state index < -0.39 is 35.5 Å². The van der Waals surface area contributed by atoms with Crippen molar-refractivity contribution in [2.75, 3.05) is 6.61 Å². The van der Waals surface area contributed by atoms with Crippen LogP contribution in [0.15, 0.2) is 11.0 Å². The van der Waals surface area contributed by atoms with E-state index >= 15 is 0 Å². The Morgan fingerprint density at radius 1 is 1.61 bits per heavy atom. The molecule has 7 heteroatoms. The van der Waals surface area contributed by atoms with Gasteiger partial charge in [-0.3, -0.25) is 9.59 Å². The Morgan fingerprint density at radius 3 is 2.78 bits per heavy atom. The number of esters is 1. The van der Waals surface area contributed by atoms with Crippen LogP contribution in [0.2, 0.25) is 0 Å².